The standard InChI is InChI=1S/C51H32N6O2.2Pd/c1-33-25-37(43-17-9-11-23-53-43)27-47(49(33)35-13-5-3-6-14-35)58-39-19-21-41-42-22-20-40(30-46(42)57(45(41)29-39)51-55-31-52-32-56-51)59-48-28-38(44-18-10-12-24-54-44)26-34(2)50(48)36-15-7-4-8-16-36;;/h3-26,31-32H,1-2H3;;/q-4;2*+2. The molecule has 61 heavy (non-hydrogen) atoms. The predicted molar refractivity (Wildman–Crippen MR) is 229 cm³/mol. The van der Waals surface area contributed by atoms with Gasteiger partial charge in [0.25, 0.3) is 0 Å². The van der Waals surface area contributed by atoms with Crippen LogP contribution in [0.25, 0.3) is 72.5 Å². The molecule has 0 spiro atoms. The van der Waals surface area contributed by atoms with Crippen LogP contribution in [-0.2, 0) is 40.8 Å². The molecule has 0 aliphatic carbocycles. The molecule has 10 rings (SSSR count). The molecule has 8 nitrogen and oxygen atoms in total. The second kappa shape index (κ2) is 17.9. The Kier molecular flexibility index (Phi) is 12.1. The Morgan fingerprint density at radius 2 is 0.918 bits per heavy atom. The first-order chi connectivity index (χ1) is 29.1. The molecule has 0 aliphatic rings. The van der Waals surface area contributed by atoms with Gasteiger partial charge in [-0.15, -0.1) is 58.7 Å². The van der Waals surface area contributed by atoms with E-state index in [0.29, 0.717) is 40.0 Å². The van der Waals surface area contributed by atoms with Crippen molar-refractivity contribution < 1.29 is 50.3 Å². The summed E-state index contributed by atoms with van der Waals surface area (Å²) in [5.41, 5.74) is 10.6. The van der Waals surface area contributed by atoms with E-state index in [4.69, 9.17) is 9.47 Å². The number of aromatic nitrogens is 6. The molecule has 0 N–H and O–H groups in total. The fourth-order valence-electron chi connectivity index (χ4n) is 7.49. The Labute approximate surface area is 380 Å². The number of hydrogen-bond acceptors (Lipinski definition) is 7. The second-order valence-corrected chi connectivity index (χ2v) is 13.9. The molecule has 0 aliphatic heterocycles. The van der Waals surface area contributed by atoms with E-state index in [-0.39, 0.29) is 40.8 Å². The van der Waals surface area contributed by atoms with E-state index in [1.807, 2.05) is 102 Å². The smallest absolute Gasteiger partial charge is 0.502 e. The summed E-state index contributed by atoms with van der Waals surface area (Å²) in [5.74, 6) is 2.50. The Hall–Kier alpha value is -6.65. The number of rotatable bonds is 9. The van der Waals surface area contributed by atoms with Crippen LogP contribution in [0.5, 0.6) is 23.0 Å². The zero-order chi connectivity index (χ0) is 39.7. The molecule has 10 heteroatoms. The van der Waals surface area contributed by atoms with E-state index in [1.54, 1.807) is 12.4 Å². The maximum atomic E-state index is 6.77. The van der Waals surface area contributed by atoms with Crippen molar-refractivity contribution in [2.75, 3.05) is 0 Å². The normalized spacial score (nSPS) is 10.9. The van der Waals surface area contributed by atoms with Gasteiger partial charge in [-0.1, -0.05) is 144 Å². The topological polar surface area (TPSA) is 87.8 Å². The van der Waals surface area contributed by atoms with E-state index in [2.05, 4.69) is 99.4 Å². The quantitative estimate of drug-likeness (QED) is 0.105. The van der Waals surface area contributed by atoms with Crippen LogP contribution in [-0.4, -0.2) is 29.5 Å². The van der Waals surface area contributed by atoms with Gasteiger partial charge in [-0.2, -0.15) is 22.9 Å². The van der Waals surface area contributed by atoms with Gasteiger partial charge in [0.1, 0.15) is 12.7 Å². The average Bonchev–Trinajstić information content (AvgIpc) is 3.60. The summed E-state index contributed by atoms with van der Waals surface area (Å²) in [6.07, 6.45) is 6.50. The number of pyridine rings is 2. The van der Waals surface area contributed by atoms with Gasteiger partial charge in [0, 0.05) is 35.4 Å². The first-order valence-electron chi connectivity index (χ1n) is 19.1. The minimum absolute atomic E-state index is 0. The average molecular weight is 974 g/mol. The largest absolute Gasteiger partial charge is 2.00 e. The van der Waals surface area contributed by atoms with Gasteiger partial charge in [-0.25, -0.2) is 15.0 Å². The summed E-state index contributed by atoms with van der Waals surface area (Å²) in [4.78, 5) is 22.4. The number of benzene rings is 6. The van der Waals surface area contributed by atoms with Gasteiger partial charge in [-0.05, 0) is 23.5 Å². The van der Waals surface area contributed by atoms with Crippen LogP contribution in [0, 0.1) is 38.1 Å². The van der Waals surface area contributed by atoms with Gasteiger partial charge in [-0.3, -0.25) is 0 Å². The second-order valence-electron chi connectivity index (χ2n) is 13.9. The molecular weight excluding hydrogens is 941 g/mol. The molecule has 0 atom stereocenters. The van der Waals surface area contributed by atoms with Crippen molar-refractivity contribution in [3.05, 3.63) is 194 Å². The predicted octanol–water partition coefficient (Wildman–Crippen LogP) is 11.8. The fourth-order valence-corrected chi connectivity index (χ4v) is 7.49. The monoisotopic (exact) mass is 972 g/mol. The Bertz CT molecular complexity index is 2920. The van der Waals surface area contributed by atoms with Crippen molar-refractivity contribution in [3.63, 3.8) is 0 Å². The molecule has 0 radical (unpaired) electrons. The van der Waals surface area contributed by atoms with Gasteiger partial charge >= 0.3 is 40.8 Å². The zero-order valence-corrected chi connectivity index (χ0v) is 35.8. The Morgan fingerprint density at radius 3 is 1.34 bits per heavy atom. The van der Waals surface area contributed by atoms with Gasteiger partial charge < -0.3 is 24.0 Å². The number of aryl methyl sites for hydroxylation is 2. The minimum Gasteiger partial charge on any atom is -0.502 e. The molecule has 0 unspecified atom stereocenters. The molecule has 0 bridgehead atoms. The summed E-state index contributed by atoms with van der Waals surface area (Å²) in [7, 11) is 0. The van der Waals surface area contributed by atoms with Crippen molar-refractivity contribution >= 4 is 21.8 Å². The van der Waals surface area contributed by atoms with E-state index in [1.165, 1.54) is 12.7 Å². The molecular formula is C51H32N6O2Pd2. The van der Waals surface area contributed by atoms with Crippen LogP contribution in [0.3, 0.4) is 0 Å². The van der Waals surface area contributed by atoms with Crippen LogP contribution in [0.2, 0.25) is 0 Å². The van der Waals surface area contributed by atoms with E-state index < -0.39 is 0 Å². The molecule has 0 saturated carbocycles. The summed E-state index contributed by atoms with van der Waals surface area (Å²) < 4.78 is 15.4. The summed E-state index contributed by atoms with van der Waals surface area (Å²) >= 11 is 0. The van der Waals surface area contributed by atoms with Crippen molar-refractivity contribution in [2.24, 2.45) is 0 Å². The Morgan fingerprint density at radius 1 is 0.475 bits per heavy atom. The maximum absolute atomic E-state index is 6.77. The van der Waals surface area contributed by atoms with Crippen LogP contribution in [0.15, 0.2) is 159 Å². The molecule has 298 valence electrons. The fraction of sp³-hybridized carbons (Fsp3) is 0.0392. The molecule has 0 amide bonds. The van der Waals surface area contributed by atoms with Crippen molar-refractivity contribution in [1.29, 1.82) is 0 Å². The number of hydrogen-bond donors (Lipinski definition) is 0. The molecule has 6 aromatic carbocycles. The summed E-state index contributed by atoms with van der Waals surface area (Å²) in [6.45, 7) is 4.15. The summed E-state index contributed by atoms with van der Waals surface area (Å²) in [5, 5.41) is 1.82. The van der Waals surface area contributed by atoms with Gasteiger partial charge in [0.15, 0.2) is 0 Å². The first-order valence-corrected chi connectivity index (χ1v) is 19.1. The van der Waals surface area contributed by atoms with Gasteiger partial charge in [0.2, 0.25) is 5.95 Å². The van der Waals surface area contributed by atoms with Crippen molar-refractivity contribution in [1.82, 2.24) is 29.5 Å². The molecule has 0 fully saturated rings. The molecule has 0 saturated heterocycles. The van der Waals surface area contributed by atoms with E-state index in [9.17, 15) is 0 Å². The zero-order valence-electron chi connectivity index (χ0n) is 32.6. The van der Waals surface area contributed by atoms with Crippen LogP contribution < -0.4 is 9.47 Å². The number of fused-ring (bicyclic) bond motifs is 3. The van der Waals surface area contributed by atoms with Crippen molar-refractivity contribution in [3.8, 4) is 73.7 Å². The first kappa shape index (κ1) is 41.1. The van der Waals surface area contributed by atoms with Crippen LogP contribution in [0.1, 0.15) is 11.1 Å². The SMILES string of the molecule is Cc1cc(-c2ccccn2)[c-]c(Oc2[c-]c3c(cc2)c2ccc(Oc4[c-]c(-c5ccccn5)cc(C)c4-c4ccccc4)[c-]c2n3-c2ncncn2)c1-c1ccccc1.[Pd+2].[Pd+2]. The number of ether oxygens (including phenoxy) is 2. The van der Waals surface area contributed by atoms with E-state index >= 15 is 0 Å². The van der Waals surface area contributed by atoms with Crippen molar-refractivity contribution in [2.45, 2.75) is 13.8 Å². The number of nitrogens with zero attached hydrogens (tertiary/aromatic N) is 6. The van der Waals surface area contributed by atoms with E-state index in [0.717, 1.165) is 66.7 Å². The molecule has 4 aromatic heterocycles. The molecule has 4 heterocycles. The van der Waals surface area contributed by atoms with Crippen LogP contribution in [0.4, 0.5) is 0 Å². The minimum atomic E-state index is 0. The third kappa shape index (κ3) is 8.16. The summed E-state index contributed by atoms with van der Waals surface area (Å²) in [6, 6.07) is 58.3. The van der Waals surface area contributed by atoms with Crippen LogP contribution >= 0.6 is 0 Å². The maximum Gasteiger partial charge on any atom is 2.00 e. The van der Waals surface area contributed by atoms with Gasteiger partial charge in [0.05, 0.1) is 0 Å². The Balaban J connectivity index is 0.00000257. The third-order valence-corrected chi connectivity index (χ3v) is 10.1. The molecule has 10 aromatic rings. The third-order valence-electron chi connectivity index (χ3n) is 10.1.